The van der Waals surface area contributed by atoms with Crippen LogP contribution in [-0.2, 0) is 21.6 Å². The number of carbonyl (C=O) groups excluding carboxylic acids is 1. The average Bonchev–Trinajstić information content (AvgIpc) is 2.81. The smallest absolute Gasteiger partial charge is 0.232 e. The molecule has 0 saturated carbocycles. The van der Waals surface area contributed by atoms with E-state index in [4.69, 9.17) is 22.1 Å². The topological polar surface area (TPSA) is 75.8 Å². The van der Waals surface area contributed by atoms with E-state index in [9.17, 15) is 9.90 Å². The molecule has 3 aromatic rings. The molecular weight excluding hydrogens is 460 g/mol. The predicted octanol–water partition coefficient (Wildman–Crippen LogP) is 5.28. The van der Waals surface area contributed by atoms with E-state index in [1.54, 1.807) is 12.1 Å². The van der Waals surface area contributed by atoms with Gasteiger partial charge in [-0.25, -0.2) is 0 Å². The van der Waals surface area contributed by atoms with E-state index in [-0.39, 0.29) is 23.3 Å². The fourth-order valence-corrected chi connectivity index (χ4v) is 5.03. The van der Waals surface area contributed by atoms with Gasteiger partial charge in [0.2, 0.25) is 5.91 Å². The van der Waals surface area contributed by atoms with Crippen LogP contribution in [0.4, 0.5) is 0 Å². The molecule has 5 nitrogen and oxygen atoms in total. The van der Waals surface area contributed by atoms with Crippen molar-refractivity contribution in [1.82, 2.24) is 4.90 Å². The first kappa shape index (κ1) is 25.2. The van der Waals surface area contributed by atoms with Gasteiger partial charge in [-0.3, -0.25) is 9.69 Å². The van der Waals surface area contributed by atoms with Crippen molar-refractivity contribution >= 4 is 17.5 Å². The highest BCUT2D eigenvalue weighted by Crippen LogP contribution is 2.40. The highest BCUT2D eigenvalue weighted by atomic mass is 35.5. The van der Waals surface area contributed by atoms with Crippen molar-refractivity contribution in [3.8, 4) is 5.75 Å². The first-order chi connectivity index (χ1) is 16.7. The van der Waals surface area contributed by atoms with Crippen LogP contribution in [0.2, 0.25) is 5.02 Å². The van der Waals surface area contributed by atoms with E-state index in [1.807, 2.05) is 60.7 Å². The van der Waals surface area contributed by atoms with Gasteiger partial charge in [-0.05, 0) is 49.9 Å². The number of halogens is 1. The lowest BCUT2D eigenvalue weighted by Gasteiger charge is -2.50. The Bertz CT molecular complexity index is 1110. The number of phenols is 1. The lowest BCUT2D eigenvalue weighted by Crippen LogP contribution is -2.61. The van der Waals surface area contributed by atoms with Gasteiger partial charge < -0.3 is 15.6 Å². The van der Waals surface area contributed by atoms with Crippen LogP contribution >= 0.6 is 11.6 Å². The molecule has 0 radical (unpaired) electrons. The number of rotatable bonds is 10. The highest BCUT2D eigenvalue weighted by molar-refractivity contribution is 6.30. The predicted molar refractivity (Wildman–Crippen MR) is 139 cm³/mol. The van der Waals surface area contributed by atoms with Crippen LogP contribution in [0.1, 0.15) is 43.4 Å². The first-order valence-corrected chi connectivity index (χ1v) is 12.4. The van der Waals surface area contributed by atoms with Crippen molar-refractivity contribution in [3.05, 3.63) is 101 Å². The Labute approximate surface area is 212 Å². The number of nitrogens with two attached hydrogens (primary N) is 1. The Morgan fingerprint density at radius 2 is 1.57 bits per heavy atom. The van der Waals surface area contributed by atoms with Crippen LogP contribution in [0, 0.1) is 0 Å². The van der Waals surface area contributed by atoms with Crippen LogP contribution < -0.4 is 5.73 Å². The summed E-state index contributed by atoms with van der Waals surface area (Å²) in [4.78, 5) is 15.4. The fourth-order valence-electron chi connectivity index (χ4n) is 4.86. The maximum Gasteiger partial charge on any atom is 0.232 e. The van der Waals surface area contributed by atoms with E-state index in [2.05, 4.69) is 18.7 Å². The molecule has 1 heterocycles. The van der Waals surface area contributed by atoms with Crippen molar-refractivity contribution in [3.63, 3.8) is 0 Å². The number of benzene rings is 3. The molecule has 1 amide bonds. The summed E-state index contributed by atoms with van der Waals surface area (Å²) in [5.41, 5.74) is 7.65. The summed E-state index contributed by atoms with van der Waals surface area (Å²) >= 11 is 5.91. The molecule has 1 aliphatic heterocycles. The Balaban J connectivity index is 1.43. The van der Waals surface area contributed by atoms with Gasteiger partial charge in [-0.1, -0.05) is 78.3 Å². The molecule has 6 heteroatoms. The lowest BCUT2D eigenvalue weighted by molar-refractivity contribution is -0.123. The molecule has 184 valence electrons. The van der Waals surface area contributed by atoms with Crippen molar-refractivity contribution < 1.29 is 14.6 Å². The fraction of sp³-hybridized carbons (Fsp3) is 0.345. The minimum atomic E-state index is -0.896. The van der Waals surface area contributed by atoms with Gasteiger partial charge in [0.1, 0.15) is 5.75 Å². The highest BCUT2D eigenvalue weighted by Gasteiger charge is 2.44. The zero-order valence-electron chi connectivity index (χ0n) is 20.3. The van der Waals surface area contributed by atoms with Crippen LogP contribution in [0.3, 0.4) is 0 Å². The van der Waals surface area contributed by atoms with E-state index in [0.717, 1.165) is 36.2 Å². The summed E-state index contributed by atoms with van der Waals surface area (Å²) in [6.45, 7) is 6.34. The SMILES string of the molecule is CC(C)(CCC(C(N)=O)(c1ccccc1)c1ccccc1)N1CC(OCc2ccc(Cl)cc2O)C1. The maximum absolute atomic E-state index is 13.1. The third-order valence-electron chi connectivity index (χ3n) is 7.29. The Kier molecular flexibility index (Phi) is 7.50. The molecule has 0 aliphatic carbocycles. The number of likely N-dealkylation sites (tertiary alicyclic amines) is 1. The summed E-state index contributed by atoms with van der Waals surface area (Å²) in [6, 6.07) is 24.8. The molecule has 0 atom stereocenters. The second-order valence-electron chi connectivity index (χ2n) is 9.93. The number of aromatic hydroxyl groups is 1. The number of amides is 1. The normalized spacial score (nSPS) is 15.1. The summed E-state index contributed by atoms with van der Waals surface area (Å²) < 4.78 is 6.01. The van der Waals surface area contributed by atoms with Gasteiger partial charge >= 0.3 is 0 Å². The molecule has 0 aromatic heterocycles. The Hall–Kier alpha value is -2.86. The monoisotopic (exact) mass is 492 g/mol. The van der Waals surface area contributed by atoms with Gasteiger partial charge in [0, 0.05) is 29.2 Å². The third kappa shape index (κ3) is 5.37. The van der Waals surface area contributed by atoms with Crippen LogP contribution in [0.5, 0.6) is 5.75 Å². The molecule has 1 saturated heterocycles. The summed E-state index contributed by atoms with van der Waals surface area (Å²) in [5.74, 6) is -0.183. The van der Waals surface area contributed by atoms with E-state index < -0.39 is 5.41 Å². The summed E-state index contributed by atoms with van der Waals surface area (Å²) in [6.07, 6.45) is 1.47. The number of primary amides is 1. The summed E-state index contributed by atoms with van der Waals surface area (Å²) in [5, 5.41) is 10.5. The quantitative estimate of drug-likeness (QED) is 0.404. The average molecular weight is 493 g/mol. The van der Waals surface area contributed by atoms with Gasteiger partial charge in [-0.15, -0.1) is 0 Å². The molecule has 0 bridgehead atoms. The minimum absolute atomic E-state index is 0.0912. The Morgan fingerprint density at radius 3 is 2.09 bits per heavy atom. The van der Waals surface area contributed by atoms with Crippen molar-refractivity contribution in [2.45, 2.75) is 50.4 Å². The molecule has 35 heavy (non-hydrogen) atoms. The zero-order chi connectivity index (χ0) is 25.1. The van der Waals surface area contributed by atoms with Gasteiger partial charge in [0.25, 0.3) is 0 Å². The number of hydrogen-bond donors (Lipinski definition) is 2. The van der Waals surface area contributed by atoms with Crippen LogP contribution in [0.25, 0.3) is 0 Å². The summed E-state index contributed by atoms with van der Waals surface area (Å²) in [7, 11) is 0. The second kappa shape index (κ2) is 10.4. The number of nitrogens with zero attached hydrogens (tertiary/aromatic N) is 1. The molecule has 0 unspecified atom stereocenters. The lowest BCUT2D eigenvalue weighted by atomic mass is 9.69. The van der Waals surface area contributed by atoms with Gasteiger partial charge in [0.05, 0.1) is 18.1 Å². The molecule has 1 fully saturated rings. The molecule has 3 N–H and O–H groups in total. The zero-order valence-corrected chi connectivity index (χ0v) is 21.0. The largest absolute Gasteiger partial charge is 0.508 e. The third-order valence-corrected chi connectivity index (χ3v) is 7.53. The van der Waals surface area contributed by atoms with E-state index >= 15 is 0 Å². The number of ether oxygens (including phenoxy) is 1. The number of carbonyl (C=O) groups is 1. The van der Waals surface area contributed by atoms with Crippen LogP contribution in [0.15, 0.2) is 78.9 Å². The number of hydrogen-bond acceptors (Lipinski definition) is 4. The molecule has 3 aromatic carbocycles. The van der Waals surface area contributed by atoms with Crippen LogP contribution in [-0.4, -0.2) is 40.6 Å². The number of phenolic OH excluding ortho intramolecular Hbond substituents is 1. The van der Waals surface area contributed by atoms with E-state index in [0.29, 0.717) is 18.1 Å². The standard InChI is InChI=1S/C29H33ClN2O3/c1-28(2,32-18-25(19-32)35-20-21-13-14-24(30)17-26(21)33)15-16-29(27(31)34,22-9-5-3-6-10-22)23-11-7-4-8-12-23/h3-14,17,25,33H,15-16,18-20H2,1-2H3,(H2,31,34). The maximum atomic E-state index is 13.1. The first-order valence-electron chi connectivity index (χ1n) is 12.0. The molecule has 4 rings (SSSR count). The van der Waals surface area contributed by atoms with Crippen molar-refractivity contribution in [1.29, 1.82) is 0 Å². The minimum Gasteiger partial charge on any atom is -0.508 e. The molecular formula is C29H33ClN2O3. The van der Waals surface area contributed by atoms with Gasteiger partial charge in [0.15, 0.2) is 0 Å². The Morgan fingerprint density at radius 1 is 1.00 bits per heavy atom. The van der Waals surface area contributed by atoms with Gasteiger partial charge in [-0.2, -0.15) is 0 Å². The second-order valence-corrected chi connectivity index (χ2v) is 10.4. The molecule has 0 spiro atoms. The molecule has 1 aliphatic rings. The van der Waals surface area contributed by atoms with E-state index in [1.165, 1.54) is 6.07 Å². The van der Waals surface area contributed by atoms with Crippen molar-refractivity contribution in [2.75, 3.05) is 13.1 Å². The van der Waals surface area contributed by atoms with Crippen molar-refractivity contribution in [2.24, 2.45) is 5.73 Å².